The van der Waals surface area contributed by atoms with E-state index in [-0.39, 0.29) is 0 Å². The molecule has 1 saturated heterocycles. The number of nitriles is 1. The lowest BCUT2D eigenvalue weighted by atomic mass is 10.2. The summed E-state index contributed by atoms with van der Waals surface area (Å²) in [6.07, 6.45) is 2.87. The minimum atomic E-state index is 0.661. The molecular weight excluding hydrogens is 368 g/mol. The van der Waals surface area contributed by atoms with Gasteiger partial charge in [-0.25, -0.2) is 9.97 Å². The summed E-state index contributed by atoms with van der Waals surface area (Å²) in [6, 6.07) is 12.1. The smallest absolute Gasteiger partial charge is 0.223 e. The SMILES string of the molecule is CN1CCN(CCCNc2nccc(-c3cc4cccc(C#N)c4s3)n2)CC1. The van der Waals surface area contributed by atoms with Crippen molar-refractivity contribution in [2.75, 3.05) is 51.6 Å². The van der Waals surface area contributed by atoms with Crippen LogP contribution in [0, 0.1) is 11.3 Å². The van der Waals surface area contributed by atoms with Crippen LogP contribution in [-0.2, 0) is 0 Å². The highest BCUT2D eigenvalue weighted by Gasteiger charge is 2.13. The maximum Gasteiger partial charge on any atom is 0.223 e. The molecule has 2 aromatic heterocycles. The molecule has 0 bridgehead atoms. The lowest BCUT2D eigenvalue weighted by molar-refractivity contribution is 0.154. The molecule has 0 atom stereocenters. The van der Waals surface area contributed by atoms with Gasteiger partial charge in [0, 0.05) is 38.9 Å². The number of piperazine rings is 1. The van der Waals surface area contributed by atoms with Gasteiger partial charge in [0.15, 0.2) is 0 Å². The van der Waals surface area contributed by atoms with Crippen LogP contribution in [0.15, 0.2) is 36.5 Å². The molecule has 28 heavy (non-hydrogen) atoms. The van der Waals surface area contributed by atoms with Crippen molar-refractivity contribution in [2.45, 2.75) is 6.42 Å². The van der Waals surface area contributed by atoms with Crippen LogP contribution in [-0.4, -0.2) is 66.1 Å². The molecule has 6 nitrogen and oxygen atoms in total. The zero-order valence-corrected chi connectivity index (χ0v) is 16.9. The van der Waals surface area contributed by atoms with Crippen molar-refractivity contribution in [3.05, 3.63) is 42.1 Å². The first-order valence-corrected chi connectivity index (χ1v) is 10.5. The van der Waals surface area contributed by atoms with Gasteiger partial charge in [-0.2, -0.15) is 5.26 Å². The van der Waals surface area contributed by atoms with Crippen molar-refractivity contribution in [1.29, 1.82) is 5.26 Å². The first-order chi connectivity index (χ1) is 13.7. The van der Waals surface area contributed by atoms with E-state index < -0.39 is 0 Å². The van der Waals surface area contributed by atoms with Crippen LogP contribution in [0.2, 0.25) is 0 Å². The number of rotatable bonds is 6. The maximum absolute atomic E-state index is 9.30. The first-order valence-electron chi connectivity index (χ1n) is 9.64. The van der Waals surface area contributed by atoms with Crippen LogP contribution in [0.1, 0.15) is 12.0 Å². The molecule has 3 aromatic rings. The van der Waals surface area contributed by atoms with Crippen LogP contribution in [0.25, 0.3) is 20.7 Å². The number of fused-ring (bicyclic) bond motifs is 1. The highest BCUT2D eigenvalue weighted by Crippen LogP contribution is 2.34. The lowest BCUT2D eigenvalue weighted by Gasteiger charge is -2.32. The van der Waals surface area contributed by atoms with E-state index in [4.69, 9.17) is 0 Å². The van der Waals surface area contributed by atoms with E-state index in [1.165, 1.54) is 0 Å². The Morgan fingerprint density at radius 2 is 2.07 bits per heavy atom. The number of anilines is 1. The van der Waals surface area contributed by atoms with Crippen LogP contribution in [0.5, 0.6) is 0 Å². The Labute approximate surface area is 169 Å². The second-order valence-corrected chi connectivity index (χ2v) is 8.19. The molecule has 1 N–H and O–H groups in total. The number of hydrogen-bond acceptors (Lipinski definition) is 7. The van der Waals surface area contributed by atoms with E-state index in [0.29, 0.717) is 11.5 Å². The summed E-state index contributed by atoms with van der Waals surface area (Å²) in [5.41, 5.74) is 1.60. The number of nitrogens with zero attached hydrogens (tertiary/aromatic N) is 5. The van der Waals surface area contributed by atoms with Gasteiger partial charge in [-0.3, -0.25) is 0 Å². The van der Waals surface area contributed by atoms with Crippen molar-refractivity contribution in [1.82, 2.24) is 19.8 Å². The molecule has 3 heterocycles. The molecule has 0 unspecified atom stereocenters. The Bertz CT molecular complexity index is 984. The Hall–Kier alpha value is -2.53. The van der Waals surface area contributed by atoms with Gasteiger partial charge in [0.2, 0.25) is 5.95 Å². The Morgan fingerprint density at radius 3 is 2.89 bits per heavy atom. The monoisotopic (exact) mass is 392 g/mol. The highest BCUT2D eigenvalue weighted by atomic mass is 32.1. The third kappa shape index (κ3) is 4.30. The number of likely N-dealkylation sites (N-methyl/N-ethyl adjacent to an activating group) is 1. The van der Waals surface area contributed by atoms with E-state index in [9.17, 15) is 5.26 Å². The maximum atomic E-state index is 9.30. The predicted octanol–water partition coefficient (Wildman–Crippen LogP) is 3.28. The van der Waals surface area contributed by atoms with Gasteiger partial charge in [-0.05, 0) is 43.6 Å². The summed E-state index contributed by atoms with van der Waals surface area (Å²) < 4.78 is 1.01. The molecule has 0 amide bonds. The van der Waals surface area contributed by atoms with Crippen LogP contribution in [0.3, 0.4) is 0 Å². The van der Waals surface area contributed by atoms with Crippen molar-refractivity contribution in [2.24, 2.45) is 0 Å². The summed E-state index contributed by atoms with van der Waals surface area (Å²) in [5, 5.41) is 13.7. The molecule has 1 aromatic carbocycles. The van der Waals surface area contributed by atoms with Crippen LogP contribution < -0.4 is 5.32 Å². The summed E-state index contributed by atoms with van der Waals surface area (Å²) in [7, 11) is 2.18. The predicted molar refractivity (Wildman–Crippen MR) is 115 cm³/mol. The van der Waals surface area contributed by atoms with E-state index in [1.807, 2.05) is 24.3 Å². The van der Waals surface area contributed by atoms with Gasteiger partial charge in [0.25, 0.3) is 0 Å². The minimum absolute atomic E-state index is 0.661. The van der Waals surface area contributed by atoms with Crippen molar-refractivity contribution < 1.29 is 0 Å². The molecule has 144 valence electrons. The summed E-state index contributed by atoms with van der Waals surface area (Å²) >= 11 is 1.61. The number of hydrogen-bond donors (Lipinski definition) is 1. The van der Waals surface area contributed by atoms with E-state index >= 15 is 0 Å². The van der Waals surface area contributed by atoms with Crippen molar-refractivity contribution in [3.63, 3.8) is 0 Å². The zero-order valence-electron chi connectivity index (χ0n) is 16.1. The summed E-state index contributed by atoms with van der Waals surface area (Å²) in [4.78, 5) is 15.0. The second kappa shape index (κ2) is 8.65. The minimum Gasteiger partial charge on any atom is -0.354 e. The normalized spacial score (nSPS) is 15.6. The highest BCUT2D eigenvalue weighted by molar-refractivity contribution is 7.22. The summed E-state index contributed by atoms with van der Waals surface area (Å²) in [5.74, 6) is 0.661. The molecule has 1 fully saturated rings. The number of nitrogens with one attached hydrogen (secondary N) is 1. The first kappa shape index (κ1) is 18.8. The quantitative estimate of drug-likeness (QED) is 0.650. The van der Waals surface area contributed by atoms with Gasteiger partial charge in [-0.1, -0.05) is 12.1 Å². The van der Waals surface area contributed by atoms with E-state index in [2.05, 4.69) is 44.3 Å². The molecule has 4 rings (SSSR count). The van der Waals surface area contributed by atoms with Gasteiger partial charge in [-0.15, -0.1) is 11.3 Å². The molecule has 7 heteroatoms. The molecule has 0 radical (unpaired) electrons. The van der Waals surface area contributed by atoms with Gasteiger partial charge >= 0.3 is 0 Å². The third-order valence-corrected chi connectivity index (χ3v) is 6.31. The topological polar surface area (TPSA) is 68.1 Å². The summed E-state index contributed by atoms with van der Waals surface area (Å²) in [6.45, 7) is 6.58. The molecule has 0 aliphatic carbocycles. The molecular formula is C21H24N6S. The van der Waals surface area contributed by atoms with Gasteiger partial charge in [0.1, 0.15) is 6.07 Å². The number of thiophene rings is 1. The fraction of sp³-hybridized carbons (Fsp3) is 0.381. The molecule has 1 aliphatic rings. The largest absolute Gasteiger partial charge is 0.354 e. The Balaban J connectivity index is 1.37. The number of aromatic nitrogens is 2. The Morgan fingerprint density at radius 1 is 1.21 bits per heavy atom. The lowest BCUT2D eigenvalue weighted by Crippen LogP contribution is -2.44. The fourth-order valence-electron chi connectivity index (χ4n) is 3.43. The van der Waals surface area contributed by atoms with Gasteiger partial charge in [0.05, 0.1) is 20.8 Å². The van der Waals surface area contributed by atoms with E-state index in [1.54, 1.807) is 17.5 Å². The fourth-order valence-corrected chi connectivity index (χ4v) is 4.53. The third-order valence-electron chi connectivity index (χ3n) is 5.10. The van der Waals surface area contributed by atoms with Crippen molar-refractivity contribution in [3.8, 4) is 16.6 Å². The average Bonchev–Trinajstić information content (AvgIpc) is 3.17. The zero-order chi connectivity index (χ0) is 19.3. The molecule has 0 saturated carbocycles. The second-order valence-electron chi connectivity index (χ2n) is 7.14. The molecule has 0 spiro atoms. The van der Waals surface area contributed by atoms with E-state index in [0.717, 1.165) is 66.3 Å². The number of benzene rings is 1. The van der Waals surface area contributed by atoms with Crippen molar-refractivity contribution >= 4 is 27.4 Å². The van der Waals surface area contributed by atoms with Crippen LogP contribution >= 0.6 is 11.3 Å². The van der Waals surface area contributed by atoms with Crippen LogP contribution in [0.4, 0.5) is 5.95 Å². The Kier molecular flexibility index (Phi) is 5.81. The van der Waals surface area contributed by atoms with Gasteiger partial charge < -0.3 is 15.1 Å². The average molecular weight is 393 g/mol. The molecule has 1 aliphatic heterocycles. The standard InChI is InChI=1S/C21H24N6S/c1-26-10-12-27(13-11-26)9-3-7-23-21-24-8-6-18(25-21)19-14-16-4-2-5-17(15-22)20(16)28-19/h2,4-6,8,14H,3,7,9-13H2,1H3,(H,23,24,25).